The number of aliphatic hydroxyl groups excluding tert-OH is 1. The Balaban J connectivity index is 3.13. The molecule has 0 aromatic rings. The summed E-state index contributed by atoms with van der Waals surface area (Å²) in [5, 5.41) is 15.8. The van der Waals surface area contributed by atoms with Crippen molar-refractivity contribution in [3.05, 3.63) is 24.5 Å². The third-order valence-corrected chi connectivity index (χ3v) is 0.492. The summed E-state index contributed by atoms with van der Waals surface area (Å²) < 4.78 is 0. The van der Waals surface area contributed by atoms with Gasteiger partial charge in [-0.05, 0) is 6.08 Å². The van der Waals surface area contributed by atoms with Gasteiger partial charge in [0, 0.05) is 0 Å². The SMILES string of the molecule is OCC=CC=COO. The fourth-order valence-electron chi connectivity index (χ4n) is 0.220. The van der Waals surface area contributed by atoms with Crippen LogP contribution in [0, 0.1) is 0 Å². The highest BCUT2D eigenvalue weighted by atomic mass is 17.1. The Hall–Kier alpha value is -0.800. The third kappa shape index (κ3) is 5.20. The molecule has 0 amide bonds. The van der Waals surface area contributed by atoms with Gasteiger partial charge in [-0.3, -0.25) is 0 Å². The summed E-state index contributed by atoms with van der Waals surface area (Å²) in [5.41, 5.74) is 0. The molecule has 8 heavy (non-hydrogen) atoms. The molecule has 0 saturated heterocycles. The molecular weight excluding hydrogens is 108 g/mol. The van der Waals surface area contributed by atoms with E-state index in [1.54, 1.807) is 6.08 Å². The van der Waals surface area contributed by atoms with E-state index in [2.05, 4.69) is 4.89 Å². The van der Waals surface area contributed by atoms with E-state index in [0.29, 0.717) is 0 Å². The van der Waals surface area contributed by atoms with Crippen molar-refractivity contribution >= 4 is 0 Å². The first kappa shape index (κ1) is 7.20. The average molecular weight is 116 g/mol. The lowest BCUT2D eigenvalue weighted by Crippen LogP contribution is -1.68. The molecule has 0 aromatic heterocycles. The minimum atomic E-state index is -0.00420. The molecule has 0 aliphatic heterocycles. The molecule has 0 radical (unpaired) electrons. The molecule has 3 heteroatoms. The van der Waals surface area contributed by atoms with E-state index in [1.165, 1.54) is 12.2 Å². The molecule has 46 valence electrons. The van der Waals surface area contributed by atoms with Crippen molar-refractivity contribution in [3.63, 3.8) is 0 Å². The zero-order chi connectivity index (χ0) is 6.24. The Bertz CT molecular complexity index is 73.7. The second-order valence-corrected chi connectivity index (χ2v) is 1.04. The molecule has 0 atom stereocenters. The Labute approximate surface area is 47.5 Å². The van der Waals surface area contributed by atoms with Crippen molar-refractivity contribution in [2.75, 3.05) is 6.61 Å². The predicted octanol–water partition coefficient (Wildman–Crippen LogP) is 0.538. The lowest BCUT2D eigenvalue weighted by atomic mass is 10.5. The Morgan fingerprint density at radius 2 is 2.12 bits per heavy atom. The minimum Gasteiger partial charge on any atom is -0.392 e. The summed E-state index contributed by atoms with van der Waals surface area (Å²) in [6, 6.07) is 0. The Morgan fingerprint density at radius 1 is 1.38 bits per heavy atom. The second-order valence-electron chi connectivity index (χ2n) is 1.04. The smallest absolute Gasteiger partial charge is 0.129 e. The van der Waals surface area contributed by atoms with Crippen LogP contribution in [0.3, 0.4) is 0 Å². The van der Waals surface area contributed by atoms with Gasteiger partial charge in [-0.15, -0.1) is 0 Å². The van der Waals surface area contributed by atoms with Crippen molar-refractivity contribution < 1.29 is 15.3 Å². The van der Waals surface area contributed by atoms with Crippen LogP contribution in [-0.4, -0.2) is 17.0 Å². The van der Waals surface area contributed by atoms with Crippen LogP contribution < -0.4 is 0 Å². The van der Waals surface area contributed by atoms with Crippen LogP contribution in [0.4, 0.5) is 0 Å². The average Bonchev–Trinajstić information content (AvgIpc) is 1.81. The second kappa shape index (κ2) is 6.20. The van der Waals surface area contributed by atoms with Gasteiger partial charge in [0.05, 0.1) is 6.61 Å². The van der Waals surface area contributed by atoms with Gasteiger partial charge in [-0.1, -0.05) is 12.2 Å². The number of hydrogen-bond donors (Lipinski definition) is 2. The van der Waals surface area contributed by atoms with E-state index in [-0.39, 0.29) is 6.61 Å². The third-order valence-electron chi connectivity index (χ3n) is 0.492. The molecule has 0 unspecified atom stereocenters. The summed E-state index contributed by atoms with van der Waals surface area (Å²) in [5.74, 6) is 0. The van der Waals surface area contributed by atoms with Crippen LogP contribution in [0.25, 0.3) is 0 Å². The molecule has 0 aliphatic carbocycles. The molecule has 0 aliphatic rings. The molecule has 0 aromatic carbocycles. The zero-order valence-corrected chi connectivity index (χ0v) is 4.32. The normalized spacial score (nSPS) is 11.2. The molecule has 2 N–H and O–H groups in total. The lowest BCUT2D eigenvalue weighted by molar-refractivity contribution is -0.186. The first-order valence-electron chi connectivity index (χ1n) is 2.14. The van der Waals surface area contributed by atoms with Crippen LogP contribution in [0.2, 0.25) is 0 Å². The van der Waals surface area contributed by atoms with Gasteiger partial charge in [-0.2, -0.15) is 0 Å². The topological polar surface area (TPSA) is 49.7 Å². The van der Waals surface area contributed by atoms with Crippen molar-refractivity contribution in [2.24, 2.45) is 0 Å². The monoisotopic (exact) mass is 116 g/mol. The summed E-state index contributed by atoms with van der Waals surface area (Å²) in [6.45, 7) is -0.00420. The maximum atomic E-state index is 8.14. The van der Waals surface area contributed by atoms with Crippen LogP contribution in [-0.2, 0) is 4.89 Å². The van der Waals surface area contributed by atoms with Gasteiger partial charge in [0.15, 0.2) is 0 Å². The maximum Gasteiger partial charge on any atom is 0.129 e. The quantitative estimate of drug-likeness (QED) is 0.245. The molecule has 0 heterocycles. The van der Waals surface area contributed by atoms with E-state index in [0.717, 1.165) is 6.26 Å². The molecule has 0 saturated carbocycles. The maximum absolute atomic E-state index is 8.14. The first-order chi connectivity index (χ1) is 3.91. The molecular formula is C5H8O3. The van der Waals surface area contributed by atoms with Gasteiger partial charge in [-0.25, -0.2) is 5.26 Å². The number of aliphatic hydroxyl groups is 1. The zero-order valence-electron chi connectivity index (χ0n) is 4.32. The van der Waals surface area contributed by atoms with Crippen LogP contribution in [0.1, 0.15) is 0 Å². The highest BCUT2D eigenvalue weighted by molar-refractivity contribution is 4.98. The van der Waals surface area contributed by atoms with E-state index in [1.807, 2.05) is 0 Å². The van der Waals surface area contributed by atoms with Crippen molar-refractivity contribution in [1.82, 2.24) is 0 Å². The van der Waals surface area contributed by atoms with E-state index in [4.69, 9.17) is 10.4 Å². The number of allylic oxidation sites excluding steroid dienone is 2. The van der Waals surface area contributed by atoms with Gasteiger partial charge in [0.25, 0.3) is 0 Å². The van der Waals surface area contributed by atoms with Gasteiger partial charge in [0.1, 0.15) is 6.26 Å². The van der Waals surface area contributed by atoms with Crippen LogP contribution in [0.5, 0.6) is 0 Å². The Morgan fingerprint density at radius 3 is 2.62 bits per heavy atom. The summed E-state index contributed by atoms with van der Waals surface area (Å²) >= 11 is 0. The molecule has 0 bridgehead atoms. The fourth-order valence-corrected chi connectivity index (χ4v) is 0.220. The van der Waals surface area contributed by atoms with Gasteiger partial charge in [0.2, 0.25) is 0 Å². The molecule has 0 rings (SSSR count). The molecule has 3 nitrogen and oxygen atoms in total. The first-order valence-corrected chi connectivity index (χ1v) is 2.14. The fraction of sp³-hybridized carbons (Fsp3) is 0.200. The molecule has 0 spiro atoms. The molecule has 0 fully saturated rings. The lowest BCUT2D eigenvalue weighted by Gasteiger charge is -1.77. The largest absolute Gasteiger partial charge is 0.392 e. The van der Waals surface area contributed by atoms with Gasteiger partial charge < -0.3 is 9.99 Å². The highest BCUT2D eigenvalue weighted by Crippen LogP contribution is 1.74. The summed E-state index contributed by atoms with van der Waals surface area (Å²) in [7, 11) is 0. The van der Waals surface area contributed by atoms with E-state index < -0.39 is 0 Å². The van der Waals surface area contributed by atoms with Crippen LogP contribution >= 0.6 is 0 Å². The number of rotatable bonds is 3. The number of hydrogen-bond acceptors (Lipinski definition) is 3. The standard InChI is InChI=1S/C5H8O3/c6-4-2-1-3-5-8-7/h1-3,5-7H,4H2. The highest BCUT2D eigenvalue weighted by Gasteiger charge is 1.62. The Kier molecular flexibility index (Phi) is 5.58. The minimum absolute atomic E-state index is 0.00420. The van der Waals surface area contributed by atoms with Crippen LogP contribution in [0.15, 0.2) is 24.5 Å². The predicted molar refractivity (Wildman–Crippen MR) is 29.1 cm³/mol. The van der Waals surface area contributed by atoms with Gasteiger partial charge >= 0.3 is 0 Å². The van der Waals surface area contributed by atoms with Crippen molar-refractivity contribution in [3.8, 4) is 0 Å². The van der Waals surface area contributed by atoms with Crippen molar-refractivity contribution in [2.45, 2.75) is 0 Å². The van der Waals surface area contributed by atoms with Crippen molar-refractivity contribution in [1.29, 1.82) is 0 Å². The van der Waals surface area contributed by atoms with E-state index in [9.17, 15) is 0 Å². The summed E-state index contributed by atoms with van der Waals surface area (Å²) in [4.78, 5) is 3.57. The van der Waals surface area contributed by atoms with E-state index >= 15 is 0 Å². The summed E-state index contributed by atoms with van der Waals surface area (Å²) in [6.07, 6.45) is 5.61.